The maximum Gasteiger partial charge on any atom is 0.292 e. The second-order valence-corrected chi connectivity index (χ2v) is 5.95. The molecule has 4 rings (SSSR count). The molecule has 0 amide bonds. The lowest BCUT2D eigenvalue weighted by Crippen LogP contribution is -2.02. The molecular weight excluding hydrogens is 332 g/mol. The van der Waals surface area contributed by atoms with Gasteiger partial charge in [-0.15, -0.1) is 0 Å². The number of Topliss-reactive ketones (excluding diaryl/α,β-unsaturated/α-hetero) is 1. The maximum atomic E-state index is 12.1. The van der Waals surface area contributed by atoms with Gasteiger partial charge in [-0.2, -0.15) is 0 Å². The molecule has 0 aliphatic rings. The fourth-order valence-corrected chi connectivity index (χ4v) is 3.05. The second-order valence-electron chi connectivity index (χ2n) is 5.95. The Bertz CT molecular complexity index is 1180. The molecule has 0 bridgehead atoms. The van der Waals surface area contributed by atoms with Crippen molar-refractivity contribution in [2.45, 2.75) is 6.92 Å². The first-order valence-electron chi connectivity index (χ1n) is 8.01. The average Bonchev–Trinajstić information content (AvgIpc) is 2.99. The van der Waals surface area contributed by atoms with E-state index < -0.39 is 4.92 Å². The Morgan fingerprint density at radius 2 is 1.69 bits per heavy atom. The molecular formula is C20H14N2O4. The third-order valence-corrected chi connectivity index (χ3v) is 4.27. The summed E-state index contributed by atoms with van der Waals surface area (Å²) in [6.07, 6.45) is 0. The Labute approximate surface area is 148 Å². The zero-order valence-corrected chi connectivity index (χ0v) is 13.9. The predicted octanol–water partition coefficient (Wildman–Crippen LogP) is 5.44. The van der Waals surface area contributed by atoms with E-state index in [1.807, 2.05) is 24.3 Å². The lowest BCUT2D eigenvalue weighted by atomic mass is 10.0. The van der Waals surface area contributed by atoms with Crippen LogP contribution in [0.5, 0.6) is 0 Å². The summed E-state index contributed by atoms with van der Waals surface area (Å²) in [5, 5.41) is 16.1. The van der Waals surface area contributed by atoms with Crippen LogP contribution in [0, 0.1) is 10.1 Å². The van der Waals surface area contributed by atoms with E-state index in [0.717, 1.165) is 16.4 Å². The summed E-state index contributed by atoms with van der Waals surface area (Å²) in [4.78, 5) is 22.9. The molecule has 0 aliphatic carbocycles. The molecule has 0 saturated heterocycles. The Kier molecular flexibility index (Phi) is 3.65. The van der Waals surface area contributed by atoms with Gasteiger partial charge in [0.1, 0.15) is 16.9 Å². The fraction of sp³-hybridized carbons (Fsp3) is 0.0500. The molecule has 26 heavy (non-hydrogen) atoms. The number of nitrogens with zero attached hydrogens (tertiary/aromatic N) is 1. The minimum Gasteiger partial charge on any atom is -0.456 e. The van der Waals surface area contributed by atoms with Crippen molar-refractivity contribution in [3.05, 3.63) is 76.3 Å². The zero-order chi connectivity index (χ0) is 18.3. The van der Waals surface area contributed by atoms with Crippen molar-refractivity contribution in [3.8, 4) is 0 Å². The number of anilines is 2. The number of nitrogens with one attached hydrogen (secondary N) is 1. The highest BCUT2D eigenvalue weighted by Crippen LogP contribution is 2.35. The number of benzene rings is 3. The van der Waals surface area contributed by atoms with Gasteiger partial charge in [0, 0.05) is 22.4 Å². The summed E-state index contributed by atoms with van der Waals surface area (Å²) in [6.45, 7) is 1.45. The van der Waals surface area contributed by atoms with E-state index in [4.69, 9.17) is 4.42 Å². The van der Waals surface area contributed by atoms with Gasteiger partial charge in [-0.25, -0.2) is 0 Å². The van der Waals surface area contributed by atoms with Crippen molar-refractivity contribution in [1.29, 1.82) is 0 Å². The van der Waals surface area contributed by atoms with Crippen LogP contribution in [0.15, 0.2) is 65.1 Å². The monoisotopic (exact) mass is 346 g/mol. The van der Waals surface area contributed by atoms with Crippen molar-refractivity contribution >= 4 is 44.8 Å². The fourth-order valence-electron chi connectivity index (χ4n) is 3.05. The number of furan rings is 1. The van der Waals surface area contributed by atoms with Gasteiger partial charge in [0.15, 0.2) is 5.78 Å². The van der Waals surface area contributed by atoms with Crippen LogP contribution in [-0.4, -0.2) is 10.7 Å². The number of nitro benzene ring substituents is 1. The smallest absolute Gasteiger partial charge is 0.292 e. The molecule has 0 radical (unpaired) electrons. The summed E-state index contributed by atoms with van der Waals surface area (Å²) < 4.78 is 5.82. The summed E-state index contributed by atoms with van der Waals surface area (Å²) in [6, 6.07) is 17.4. The molecule has 0 saturated carbocycles. The Balaban J connectivity index is 1.93. The van der Waals surface area contributed by atoms with E-state index in [-0.39, 0.29) is 11.5 Å². The van der Waals surface area contributed by atoms with Crippen LogP contribution >= 0.6 is 0 Å². The standard InChI is InChI=1S/C20H14N2O4/c1-12(23)14-11-20-15(13-6-2-5-9-19(13)26-20)10-17(14)21-16-7-3-4-8-18(16)22(24)25/h2-11,21H,1H3. The van der Waals surface area contributed by atoms with Gasteiger partial charge in [-0.1, -0.05) is 30.3 Å². The summed E-state index contributed by atoms with van der Waals surface area (Å²) in [5.41, 5.74) is 2.51. The highest BCUT2D eigenvalue weighted by molar-refractivity contribution is 6.11. The summed E-state index contributed by atoms with van der Waals surface area (Å²) in [7, 11) is 0. The number of hydrogen-bond donors (Lipinski definition) is 1. The number of nitro groups is 1. The minimum absolute atomic E-state index is 0.0563. The molecule has 1 N–H and O–H groups in total. The summed E-state index contributed by atoms with van der Waals surface area (Å²) >= 11 is 0. The molecule has 0 unspecified atom stereocenters. The first-order chi connectivity index (χ1) is 12.5. The van der Waals surface area contributed by atoms with Gasteiger partial charge >= 0.3 is 0 Å². The van der Waals surface area contributed by atoms with Crippen molar-refractivity contribution in [1.82, 2.24) is 0 Å². The van der Waals surface area contributed by atoms with Crippen LogP contribution in [0.2, 0.25) is 0 Å². The predicted molar refractivity (Wildman–Crippen MR) is 100 cm³/mol. The molecule has 1 heterocycles. The first kappa shape index (κ1) is 15.8. The van der Waals surface area contributed by atoms with Crippen LogP contribution in [0.4, 0.5) is 17.1 Å². The molecule has 0 fully saturated rings. The topological polar surface area (TPSA) is 85.4 Å². The number of ketones is 1. The number of carbonyl (C=O) groups excluding carboxylic acids is 1. The Morgan fingerprint density at radius 3 is 2.46 bits per heavy atom. The number of para-hydroxylation sites is 3. The van der Waals surface area contributed by atoms with E-state index in [1.54, 1.807) is 30.3 Å². The van der Waals surface area contributed by atoms with E-state index >= 15 is 0 Å². The Hall–Kier alpha value is -3.67. The lowest BCUT2D eigenvalue weighted by molar-refractivity contribution is -0.383. The van der Waals surface area contributed by atoms with Crippen molar-refractivity contribution in [2.75, 3.05) is 5.32 Å². The van der Waals surface area contributed by atoms with Gasteiger partial charge in [0.2, 0.25) is 0 Å². The third-order valence-electron chi connectivity index (χ3n) is 4.27. The van der Waals surface area contributed by atoms with Crippen LogP contribution in [0.3, 0.4) is 0 Å². The minimum atomic E-state index is -0.457. The van der Waals surface area contributed by atoms with Crippen LogP contribution < -0.4 is 5.32 Å². The van der Waals surface area contributed by atoms with E-state index in [9.17, 15) is 14.9 Å². The van der Waals surface area contributed by atoms with Crippen LogP contribution in [-0.2, 0) is 0 Å². The number of rotatable bonds is 4. The van der Waals surface area contributed by atoms with Gasteiger partial charge in [0.25, 0.3) is 5.69 Å². The Morgan fingerprint density at radius 1 is 0.962 bits per heavy atom. The molecule has 3 aromatic carbocycles. The van der Waals surface area contributed by atoms with Crippen LogP contribution in [0.25, 0.3) is 21.9 Å². The lowest BCUT2D eigenvalue weighted by Gasteiger charge is -2.11. The van der Waals surface area contributed by atoms with Gasteiger partial charge in [-0.05, 0) is 31.2 Å². The summed E-state index contributed by atoms with van der Waals surface area (Å²) in [5.74, 6) is -0.159. The van der Waals surface area contributed by atoms with Crippen molar-refractivity contribution in [2.24, 2.45) is 0 Å². The molecule has 6 nitrogen and oxygen atoms in total. The van der Waals surface area contributed by atoms with Gasteiger partial charge < -0.3 is 9.73 Å². The highest BCUT2D eigenvalue weighted by Gasteiger charge is 2.18. The van der Waals surface area contributed by atoms with E-state index in [1.165, 1.54) is 13.0 Å². The van der Waals surface area contributed by atoms with Crippen molar-refractivity contribution in [3.63, 3.8) is 0 Å². The molecule has 4 aromatic rings. The number of hydrogen-bond acceptors (Lipinski definition) is 5. The quantitative estimate of drug-likeness (QED) is 0.302. The van der Waals surface area contributed by atoms with E-state index in [0.29, 0.717) is 22.5 Å². The normalized spacial score (nSPS) is 11.0. The maximum absolute atomic E-state index is 12.1. The van der Waals surface area contributed by atoms with E-state index in [2.05, 4.69) is 5.32 Å². The van der Waals surface area contributed by atoms with Gasteiger partial charge in [-0.3, -0.25) is 14.9 Å². The largest absolute Gasteiger partial charge is 0.456 e. The molecule has 0 atom stereocenters. The SMILES string of the molecule is CC(=O)c1cc2oc3ccccc3c2cc1Nc1ccccc1[N+](=O)[O-]. The second kappa shape index (κ2) is 6.00. The zero-order valence-electron chi connectivity index (χ0n) is 13.9. The molecule has 0 aliphatic heterocycles. The van der Waals surface area contributed by atoms with Crippen LogP contribution in [0.1, 0.15) is 17.3 Å². The molecule has 6 heteroatoms. The molecule has 1 aromatic heterocycles. The van der Waals surface area contributed by atoms with Gasteiger partial charge in [0.05, 0.1) is 10.6 Å². The molecule has 128 valence electrons. The highest BCUT2D eigenvalue weighted by atomic mass is 16.6. The van der Waals surface area contributed by atoms with Crippen molar-refractivity contribution < 1.29 is 14.1 Å². The third kappa shape index (κ3) is 2.57. The molecule has 0 spiro atoms. The average molecular weight is 346 g/mol. The number of carbonyl (C=O) groups is 1. The number of fused-ring (bicyclic) bond motifs is 3. The first-order valence-corrected chi connectivity index (χ1v) is 8.01.